The zero-order chi connectivity index (χ0) is 13.7. The lowest BCUT2D eigenvalue weighted by Gasteiger charge is -2.27. The first-order chi connectivity index (χ1) is 9.15. The third kappa shape index (κ3) is 4.81. The number of nitrogens with one attached hydrogen (secondary N) is 1. The zero-order valence-corrected chi connectivity index (χ0v) is 13.5. The third-order valence-corrected chi connectivity index (χ3v) is 4.52. The first kappa shape index (κ1) is 14.9. The molecule has 2 nitrogen and oxygen atoms in total. The highest BCUT2D eigenvalue weighted by Crippen LogP contribution is 2.26. The maximum atomic E-state index is 5.79. The van der Waals surface area contributed by atoms with Crippen LogP contribution in [0.15, 0.2) is 22.7 Å². The highest BCUT2D eigenvalue weighted by molar-refractivity contribution is 9.10. The van der Waals surface area contributed by atoms with Crippen LogP contribution in [-0.4, -0.2) is 19.2 Å². The molecule has 19 heavy (non-hydrogen) atoms. The summed E-state index contributed by atoms with van der Waals surface area (Å²) in [6.07, 6.45) is 5.36. The molecule has 1 aliphatic carbocycles. The van der Waals surface area contributed by atoms with E-state index >= 15 is 0 Å². The Labute approximate surface area is 125 Å². The van der Waals surface area contributed by atoms with Crippen LogP contribution in [0.4, 0.5) is 0 Å². The molecule has 106 valence electrons. The molecule has 1 saturated carbocycles. The number of hydrogen-bond donors (Lipinski definition) is 1. The molecule has 0 spiro atoms. The van der Waals surface area contributed by atoms with Crippen molar-refractivity contribution in [2.75, 3.05) is 13.2 Å². The Kier molecular flexibility index (Phi) is 5.71. The molecule has 0 aromatic heterocycles. The standard InChI is InChI=1S/C16H24BrNO/c1-12-3-6-14(7-4-12)18-9-10-19-16-8-5-13(2)11-15(16)17/h5,8,11-12,14,18H,3-4,6-7,9-10H2,1-2H3. The van der Waals surface area contributed by atoms with Crippen LogP contribution in [0.2, 0.25) is 0 Å². The monoisotopic (exact) mass is 325 g/mol. The van der Waals surface area contributed by atoms with Gasteiger partial charge in [-0.25, -0.2) is 0 Å². The molecule has 0 bridgehead atoms. The lowest BCUT2D eigenvalue weighted by atomic mass is 9.87. The van der Waals surface area contributed by atoms with Crippen LogP contribution < -0.4 is 10.1 Å². The molecule has 0 atom stereocenters. The fourth-order valence-corrected chi connectivity index (χ4v) is 3.22. The molecular formula is C16H24BrNO. The summed E-state index contributed by atoms with van der Waals surface area (Å²) in [5.41, 5.74) is 1.24. The van der Waals surface area contributed by atoms with Gasteiger partial charge in [-0.15, -0.1) is 0 Å². The first-order valence-corrected chi connectivity index (χ1v) is 8.07. The molecule has 0 heterocycles. The molecule has 1 aromatic carbocycles. The van der Waals surface area contributed by atoms with E-state index in [9.17, 15) is 0 Å². The van der Waals surface area contributed by atoms with E-state index in [1.807, 2.05) is 6.07 Å². The summed E-state index contributed by atoms with van der Waals surface area (Å²) in [7, 11) is 0. The summed E-state index contributed by atoms with van der Waals surface area (Å²) >= 11 is 3.54. The highest BCUT2D eigenvalue weighted by atomic mass is 79.9. The van der Waals surface area contributed by atoms with E-state index in [0.717, 1.165) is 29.3 Å². The number of aryl methyl sites for hydroxylation is 1. The van der Waals surface area contributed by atoms with E-state index in [1.165, 1.54) is 31.2 Å². The van der Waals surface area contributed by atoms with Crippen molar-refractivity contribution < 1.29 is 4.74 Å². The van der Waals surface area contributed by atoms with Crippen molar-refractivity contribution in [1.82, 2.24) is 5.32 Å². The maximum Gasteiger partial charge on any atom is 0.133 e. The summed E-state index contributed by atoms with van der Waals surface area (Å²) < 4.78 is 6.84. The predicted molar refractivity (Wildman–Crippen MR) is 83.8 cm³/mol. The molecule has 0 aliphatic heterocycles. The molecule has 1 aromatic rings. The van der Waals surface area contributed by atoms with Crippen molar-refractivity contribution >= 4 is 15.9 Å². The van der Waals surface area contributed by atoms with Gasteiger partial charge in [0.15, 0.2) is 0 Å². The average Bonchev–Trinajstić information content (AvgIpc) is 2.39. The fraction of sp³-hybridized carbons (Fsp3) is 0.625. The Balaban J connectivity index is 1.66. The van der Waals surface area contributed by atoms with Crippen molar-refractivity contribution in [3.05, 3.63) is 28.2 Å². The minimum atomic E-state index is 0.696. The topological polar surface area (TPSA) is 21.3 Å². The van der Waals surface area contributed by atoms with Crippen LogP contribution in [0.1, 0.15) is 38.2 Å². The van der Waals surface area contributed by atoms with E-state index < -0.39 is 0 Å². The van der Waals surface area contributed by atoms with Gasteiger partial charge in [0.2, 0.25) is 0 Å². The van der Waals surface area contributed by atoms with Crippen LogP contribution in [-0.2, 0) is 0 Å². The first-order valence-electron chi connectivity index (χ1n) is 7.27. The van der Waals surface area contributed by atoms with Gasteiger partial charge < -0.3 is 10.1 Å². The van der Waals surface area contributed by atoms with Crippen molar-refractivity contribution in [2.24, 2.45) is 5.92 Å². The maximum absolute atomic E-state index is 5.79. The number of rotatable bonds is 5. The lowest BCUT2D eigenvalue weighted by molar-refractivity contribution is 0.269. The van der Waals surface area contributed by atoms with E-state index in [2.05, 4.69) is 47.2 Å². The van der Waals surface area contributed by atoms with Crippen LogP contribution in [0.5, 0.6) is 5.75 Å². The van der Waals surface area contributed by atoms with Crippen molar-refractivity contribution in [2.45, 2.75) is 45.6 Å². The van der Waals surface area contributed by atoms with Gasteiger partial charge in [-0.05, 0) is 72.2 Å². The van der Waals surface area contributed by atoms with Crippen molar-refractivity contribution in [3.8, 4) is 5.75 Å². The molecule has 1 fully saturated rings. The van der Waals surface area contributed by atoms with Crippen molar-refractivity contribution in [3.63, 3.8) is 0 Å². The molecule has 0 saturated heterocycles. The third-order valence-electron chi connectivity index (χ3n) is 3.90. The Hall–Kier alpha value is -0.540. The molecule has 0 radical (unpaired) electrons. The fourth-order valence-electron chi connectivity index (χ4n) is 2.61. The van der Waals surface area contributed by atoms with Crippen molar-refractivity contribution in [1.29, 1.82) is 0 Å². The van der Waals surface area contributed by atoms with E-state index in [4.69, 9.17) is 4.74 Å². The molecule has 2 rings (SSSR count). The summed E-state index contributed by atoms with van der Waals surface area (Å²) in [5.74, 6) is 1.85. The largest absolute Gasteiger partial charge is 0.491 e. The van der Waals surface area contributed by atoms with Crippen LogP contribution in [0.3, 0.4) is 0 Å². The molecule has 0 amide bonds. The average molecular weight is 326 g/mol. The van der Waals surface area contributed by atoms with Gasteiger partial charge in [-0.3, -0.25) is 0 Å². The van der Waals surface area contributed by atoms with E-state index in [1.54, 1.807) is 0 Å². The minimum Gasteiger partial charge on any atom is -0.491 e. The predicted octanol–water partition coefficient (Wildman–Crippen LogP) is 4.30. The molecule has 0 unspecified atom stereocenters. The second-order valence-electron chi connectivity index (χ2n) is 5.69. The Morgan fingerprint density at radius 3 is 2.68 bits per heavy atom. The summed E-state index contributed by atoms with van der Waals surface area (Å²) in [6.45, 7) is 6.10. The summed E-state index contributed by atoms with van der Waals surface area (Å²) in [5, 5.41) is 3.60. The molecule has 1 aliphatic rings. The van der Waals surface area contributed by atoms with Crippen LogP contribution in [0, 0.1) is 12.8 Å². The van der Waals surface area contributed by atoms with Gasteiger partial charge in [0.1, 0.15) is 12.4 Å². The number of benzene rings is 1. The summed E-state index contributed by atoms with van der Waals surface area (Å²) in [6, 6.07) is 6.89. The minimum absolute atomic E-state index is 0.696. The lowest BCUT2D eigenvalue weighted by Crippen LogP contribution is -2.35. The summed E-state index contributed by atoms with van der Waals surface area (Å²) in [4.78, 5) is 0. The van der Waals surface area contributed by atoms with E-state index in [0.29, 0.717) is 6.04 Å². The Morgan fingerprint density at radius 2 is 2.00 bits per heavy atom. The van der Waals surface area contributed by atoms with E-state index in [-0.39, 0.29) is 0 Å². The van der Waals surface area contributed by atoms with Crippen LogP contribution >= 0.6 is 15.9 Å². The second-order valence-corrected chi connectivity index (χ2v) is 6.55. The van der Waals surface area contributed by atoms with Gasteiger partial charge >= 0.3 is 0 Å². The molecular weight excluding hydrogens is 302 g/mol. The molecule has 1 N–H and O–H groups in total. The van der Waals surface area contributed by atoms with Gasteiger partial charge in [-0.2, -0.15) is 0 Å². The molecule has 3 heteroatoms. The quantitative estimate of drug-likeness (QED) is 0.815. The Bertz CT molecular complexity index is 400. The van der Waals surface area contributed by atoms with Gasteiger partial charge in [0.05, 0.1) is 4.47 Å². The van der Waals surface area contributed by atoms with Gasteiger partial charge in [0.25, 0.3) is 0 Å². The van der Waals surface area contributed by atoms with Gasteiger partial charge in [-0.1, -0.05) is 13.0 Å². The SMILES string of the molecule is Cc1ccc(OCCNC2CCC(C)CC2)c(Br)c1. The second kappa shape index (κ2) is 7.30. The highest BCUT2D eigenvalue weighted by Gasteiger charge is 2.17. The van der Waals surface area contributed by atoms with Crippen LogP contribution in [0.25, 0.3) is 0 Å². The normalized spacial score (nSPS) is 23.3. The smallest absolute Gasteiger partial charge is 0.133 e. The Morgan fingerprint density at radius 1 is 1.26 bits per heavy atom. The number of halogens is 1. The van der Waals surface area contributed by atoms with Gasteiger partial charge in [0, 0.05) is 12.6 Å². The number of ether oxygens (including phenoxy) is 1. The zero-order valence-electron chi connectivity index (χ0n) is 11.9. The number of hydrogen-bond acceptors (Lipinski definition) is 2.